The van der Waals surface area contributed by atoms with E-state index in [9.17, 15) is 19.5 Å². The Morgan fingerprint density at radius 1 is 1.10 bits per heavy atom. The molecule has 0 aliphatic carbocycles. The van der Waals surface area contributed by atoms with E-state index in [-0.39, 0.29) is 48.6 Å². The van der Waals surface area contributed by atoms with Crippen molar-refractivity contribution in [1.29, 1.82) is 0 Å². The van der Waals surface area contributed by atoms with Gasteiger partial charge in [0.15, 0.2) is 0 Å². The third-order valence-corrected chi connectivity index (χ3v) is 11.2. The number of esters is 1. The maximum absolute atomic E-state index is 15.1. The summed E-state index contributed by atoms with van der Waals surface area (Å²) in [6, 6.07) is 7.04. The van der Waals surface area contributed by atoms with Crippen LogP contribution in [0.3, 0.4) is 0 Å². The van der Waals surface area contributed by atoms with E-state index in [0.717, 1.165) is 0 Å². The first kappa shape index (κ1) is 40.3. The van der Waals surface area contributed by atoms with Crippen LogP contribution in [0.1, 0.15) is 99.2 Å². The number of ether oxygens (including phenoxy) is 2. The Hall–Kier alpha value is -3.50. The Morgan fingerprint density at radius 2 is 1.75 bits per heavy atom. The Kier molecular flexibility index (Phi) is 12.3. The first-order valence-electron chi connectivity index (χ1n) is 18.5. The van der Waals surface area contributed by atoms with Gasteiger partial charge >= 0.3 is 5.97 Å². The Bertz CT molecular complexity index is 1450. The zero-order valence-electron chi connectivity index (χ0n) is 32.3. The molecule has 0 unspecified atom stereocenters. The molecule has 4 rings (SSSR count). The van der Waals surface area contributed by atoms with Crippen LogP contribution in [0.4, 0.5) is 0 Å². The minimum absolute atomic E-state index is 0.102. The van der Waals surface area contributed by atoms with E-state index >= 15 is 4.79 Å². The lowest BCUT2D eigenvalue weighted by molar-refractivity contribution is -0.165. The zero-order valence-corrected chi connectivity index (χ0v) is 32.3. The molecule has 1 N–H and O–H groups in total. The molecule has 282 valence electrons. The number of carbonyl (C=O) groups is 4. The van der Waals surface area contributed by atoms with Gasteiger partial charge < -0.3 is 29.3 Å². The van der Waals surface area contributed by atoms with Crippen LogP contribution >= 0.6 is 0 Å². The predicted octanol–water partition coefficient (Wildman–Crippen LogP) is 5.70. The highest BCUT2D eigenvalue weighted by molar-refractivity contribution is 5.98. The van der Waals surface area contributed by atoms with Crippen LogP contribution in [0.2, 0.25) is 0 Å². The van der Waals surface area contributed by atoms with Crippen LogP contribution in [0.25, 0.3) is 0 Å². The molecule has 1 aromatic carbocycles. The lowest BCUT2D eigenvalue weighted by Crippen LogP contribution is -2.63. The van der Waals surface area contributed by atoms with E-state index in [1.54, 1.807) is 29.0 Å². The van der Waals surface area contributed by atoms with Crippen molar-refractivity contribution in [2.45, 2.75) is 129 Å². The fraction of sp³-hybridized carbons (Fsp3) is 0.659. The molecule has 3 heterocycles. The molecule has 3 saturated heterocycles. The number of likely N-dealkylation sites (tertiary alicyclic amines) is 1. The quantitative estimate of drug-likeness (QED) is 0.173. The van der Waals surface area contributed by atoms with E-state index < -0.39 is 59.3 Å². The number of fused-ring (bicyclic) bond motifs is 1. The maximum Gasteiger partial charge on any atom is 0.313 e. The van der Waals surface area contributed by atoms with Gasteiger partial charge in [0.1, 0.15) is 17.7 Å². The van der Waals surface area contributed by atoms with Gasteiger partial charge in [-0.25, -0.2) is 0 Å². The standard InChI is InChI=1S/C41H61N3O7/c1-12-14-20-31(46)42(11)27(5)34(28-18-16-15-17-19-28)50-38(49)32-30-21-22-41(51-30)33(32)36(47)44(29(24-45)26(3)4)35(41)37(48)43(23-13-2)40(9,10)25-39(6,7)8/h12-13,15-19,26-27,29-30,32-35,45H,1-2,14,20-25H2,3-11H3/t27-,29-,30-,32+,33+,34+,35-,41+/m0/s1. The minimum Gasteiger partial charge on any atom is -0.455 e. The smallest absolute Gasteiger partial charge is 0.313 e. The van der Waals surface area contributed by atoms with Crippen molar-refractivity contribution < 1.29 is 33.8 Å². The van der Waals surface area contributed by atoms with E-state index in [1.165, 1.54) is 4.90 Å². The number of allylic oxidation sites excluding steroid dienone is 1. The molecule has 1 spiro atoms. The maximum atomic E-state index is 15.1. The Balaban J connectivity index is 1.76. The number of hydrogen-bond acceptors (Lipinski definition) is 7. The molecule has 3 aliphatic rings. The monoisotopic (exact) mass is 707 g/mol. The third-order valence-electron chi connectivity index (χ3n) is 11.2. The van der Waals surface area contributed by atoms with Gasteiger partial charge in [-0.2, -0.15) is 0 Å². The fourth-order valence-electron chi connectivity index (χ4n) is 9.04. The number of hydrogen-bond donors (Lipinski definition) is 1. The van der Waals surface area contributed by atoms with Gasteiger partial charge in [0, 0.05) is 25.6 Å². The molecular formula is C41H61N3O7. The molecule has 8 atom stereocenters. The summed E-state index contributed by atoms with van der Waals surface area (Å²) in [4.78, 5) is 62.4. The van der Waals surface area contributed by atoms with Gasteiger partial charge in [-0.05, 0) is 63.4 Å². The minimum atomic E-state index is -1.27. The second kappa shape index (κ2) is 15.6. The highest BCUT2D eigenvalue weighted by atomic mass is 16.6. The summed E-state index contributed by atoms with van der Waals surface area (Å²) in [5.41, 5.74) is -1.26. The lowest BCUT2D eigenvalue weighted by Gasteiger charge is -2.46. The molecule has 3 amide bonds. The van der Waals surface area contributed by atoms with Crippen molar-refractivity contribution >= 4 is 23.7 Å². The van der Waals surface area contributed by atoms with Crippen molar-refractivity contribution in [3.8, 4) is 0 Å². The van der Waals surface area contributed by atoms with E-state index in [1.807, 2.05) is 65.0 Å². The van der Waals surface area contributed by atoms with E-state index in [0.29, 0.717) is 31.2 Å². The number of carbonyl (C=O) groups excluding carboxylic acids is 4. The van der Waals surface area contributed by atoms with Crippen molar-refractivity contribution in [3.05, 3.63) is 61.2 Å². The van der Waals surface area contributed by atoms with Crippen LogP contribution < -0.4 is 0 Å². The van der Waals surface area contributed by atoms with Gasteiger partial charge in [-0.3, -0.25) is 19.2 Å². The molecule has 51 heavy (non-hydrogen) atoms. The number of amides is 3. The number of rotatable bonds is 16. The number of likely N-dealkylation sites (N-methyl/N-ethyl adjacent to an activating group) is 1. The van der Waals surface area contributed by atoms with Gasteiger partial charge in [0.25, 0.3) is 0 Å². The zero-order chi connectivity index (χ0) is 38.1. The molecule has 10 nitrogen and oxygen atoms in total. The number of nitrogens with zero attached hydrogens (tertiary/aromatic N) is 3. The van der Waals surface area contributed by atoms with Gasteiger partial charge in [-0.15, -0.1) is 13.2 Å². The summed E-state index contributed by atoms with van der Waals surface area (Å²) in [5, 5.41) is 10.7. The molecule has 3 fully saturated rings. The number of aliphatic hydroxyl groups excluding tert-OH is 1. The molecule has 1 aromatic rings. The Morgan fingerprint density at radius 3 is 2.29 bits per heavy atom. The summed E-state index contributed by atoms with van der Waals surface area (Å²) in [6.45, 7) is 23.7. The van der Waals surface area contributed by atoms with Gasteiger partial charge in [0.2, 0.25) is 17.7 Å². The summed E-state index contributed by atoms with van der Waals surface area (Å²) >= 11 is 0. The first-order chi connectivity index (χ1) is 23.9. The van der Waals surface area contributed by atoms with Crippen LogP contribution in [0.5, 0.6) is 0 Å². The lowest BCUT2D eigenvalue weighted by atomic mass is 9.70. The van der Waals surface area contributed by atoms with Crippen LogP contribution in [-0.4, -0.2) is 99.1 Å². The Labute approximate surface area is 305 Å². The van der Waals surface area contributed by atoms with E-state index in [2.05, 4.69) is 33.9 Å². The topological polar surface area (TPSA) is 117 Å². The van der Waals surface area contributed by atoms with Crippen LogP contribution in [0, 0.1) is 23.2 Å². The number of benzene rings is 1. The second-order valence-electron chi connectivity index (χ2n) is 16.9. The average molecular weight is 708 g/mol. The van der Waals surface area contributed by atoms with Crippen LogP contribution in [0.15, 0.2) is 55.6 Å². The molecule has 0 saturated carbocycles. The van der Waals surface area contributed by atoms with Crippen LogP contribution in [-0.2, 0) is 28.7 Å². The molecule has 0 radical (unpaired) electrons. The van der Waals surface area contributed by atoms with Crippen molar-refractivity contribution in [1.82, 2.24) is 14.7 Å². The van der Waals surface area contributed by atoms with Crippen molar-refractivity contribution in [3.63, 3.8) is 0 Å². The normalized spacial score (nSPS) is 26.0. The molecule has 10 heteroatoms. The molecule has 3 aliphatic heterocycles. The summed E-state index contributed by atoms with van der Waals surface area (Å²) in [7, 11) is 1.70. The summed E-state index contributed by atoms with van der Waals surface area (Å²) in [5.74, 6) is -3.47. The van der Waals surface area contributed by atoms with Gasteiger partial charge in [-0.1, -0.05) is 77.1 Å². The fourth-order valence-corrected chi connectivity index (χ4v) is 9.04. The highest BCUT2D eigenvalue weighted by Crippen LogP contribution is 2.60. The van der Waals surface area contributed by atoms with Crippen molar-refractivity contribution in [2.75, 3.05) is 20.2 Å². The van der Waals surface area contributed by atoms with E-state index in [4.69, 9.17) is 9.47 Å². The largest absolute Gasteiger partial charge is 0.455 e. The average Bonchev–Trinajstić information content (AvgIpc) is 3.71. The van der Waals surface area contributed by atoms with Gasteiger partial charge in [0.05, 0.1) is 36.6 Å². The second-order valence-corrected chi connectivity index (χ2v) is 16.9. The molecule has 2 bridgehead atoms. The highest BCUT2D eigenvalue weighted by Gasteiger charge is 2.76. The predicted molar refractivity (Wildman–Crippen MR) is 197 cm³/mol. The van der Waals surface area contributed by atoms with Crippen molar-refractivity contribution in [2.24, 2.45) is 23.2 Å². The first-order valence-corrected chi connectivity index (χ1v) is 18.5. The number of aliphatic hydroxyl groups is 1. The summed E-state index contributed by atoms with van der Waals surface area (Å²) in [6.07, 6.45) is 4.33. The molecular weight excluding hydrogens is 646 g/mol. The SMILES string of the molecule is C=CCCC(=O)N(C)[C@@H](C)[C@@H](OC(=O)[C@@H]1[C@@H]2CC[C@]3(O2)[C@H](C(=O)N(CC=C)C(C)(C)CC(C)(C)C)N([C@@H](CO)C(C)C)C(=O)[C@@H]13)c1ccccc1. The molecule has 0 aromatic heterocycles. The summed E-state index contributed by atoms with van der Waals surface area (Å²) < 4.78 is 13.1. The third kappa shape index (κ3) is 7.82.